The van der Waals surface area contributed by atoms with Gasteiger partial charge in [0.1, 0.15) is 0 Å². The topological polar surface area (TPSA) is 24.9 Å². The zero-order valence-corrected chi connectivity index (χ0v) is 14.6. The van der Waals surface area contributed by atoms with Crippen LogP contribution < -0.4 is 5.32 Å². The molecule has 1 aromatic carbocycles. The predicted molar refractivity (Wildman–Crippen MR) is 96.1 cm³/mol. The minimum Gasteiger partial charge on any atom is -0.332 e. The van der Waals surface area contributed by atoms with E-state index in [-0.39, 0.29) is 0 Å². The van der Waals surface area contributed by atoms with Crippen LogP contribution in [0.15, 0.2) is 29.6 Å². The molecule has 1 aliphatic carbocycles. The molecule has 3 heteroatoms. The molecule has 2 aromatic rings. The summed E-state index contributed by atoms with van der Waals surface area (Å²) >= 11 is 1.73. The van der Waals surface area contributed by atoms with Crippen LogP contribution in [0.2, 0.25) is 0 Å². The normalized spacial score (nSPS) is 25.1. The highest BCUT2D eigenvalue weighted by atomic mass is 32.1. The summed E-state index contributed by atoms with van der Waals surface area (Å²) in [6.45, 7) is 6.84. The summed E-state index contributed by atoms with van der Waals surface area (Å²) in [5, 5.41) is 6.74. The van der Waals surface area contributed by atoms with Gasteiger partial charge in [0.05, 0.1) is 5.69 Å². The van der Waals surface area contributed by atoms with Crippen molar-refractivity contribution < 1.29 is 0 Å². The zero-order valence-electron chi connectivity index (χ0n) is 13.8. The highest BCUT2D eigenvalue weighted by Gasteiger charge is 2.32. The Morgan fingerprint density at radius 2 is 2.00 bits per heavy atom. The number of benzene rings is 1. The summed E-state index contributed by atoms with van der Waals surface area (Å²) in [7, 11) is 0. The average Bonchev–Trinajstić information content (AvgIpc) is 2.97. The number of hydrogen-bond donors (Lipinski definition) is 1. The van der Waals surface area contributed by atoms with E-state index in [1.807, 2.05) is 0 Å². The van der Waals surface area contributed by atoms with Gasteiger partial charge in [-0.1, -0.05) is 50.8 Å². The molecule has 1 heterocycles. The molecule has 1 saturated carbocycles. The maximum Gasteiger partial charge on any atom is 0.187 e. The predicted octanol–water partition coefficient (Wildman–Crippen LogP) is 6.12. The van der Waals surface area contributed by atoms with Crippen molar-refractivity contribution in [2.45, 2.75) is 52.4 Å². The van der Waals surface area contributed by atoms with E-state index >= 15 is 0 Å². The maximum absolute atomic E-state index is 4.91. The molecule has 118 valence electrons. The van der Waals surface area contributed by atoms with Gasteiger partial charge in [-0.25, -0.2) is 4.98 Å². The van der Waals surface area contributed by atoms with Crippen molar-refractivity contribution in [2.75, 3.05) is 5.32 Å². The number of hydrogen-bond acceptors (Lipinski definition) is 3. The molecular weight excluding hydrogens is 288 g/mol. The van der Waals surface area contributed by atoms with Crippen LogP contribution in [0.1, 0.15) is 56.7 Å². The fourth-order valence-corrected chi connectivity index (χ4v) is 4.55. The van der Waals surface area contributed by atoms with Gasteiger partial charge in [-0.15, -0.1) is 11.3 Å². The number of aromatic nitrogens is 1. The first kappa shape index (κ1) is 15.5. The molecule has 2 nitrogen and oxygen atoms in total. The fourth-order valence-electron chi connectivity index (χ4n) is 3.77. The number of aryl methyl sites for hydroxylation is 1. The van der Waals surface area contributed by atoms with Crippen LogP contribution in [0.25, 0.3) is 0 Å². The molecule has 0 bridgehead atoms. The summed E-state index contributed by atoms with van der Waals surface area (Å²) in [5.74, 6) is 2.20. The van der Waals surface area contributed by atoms with Crippen LogP contribution in [-0.2, 0) is 0 Å². The molecule has 0 amide bonds. The van der Waals surface area contributed by atoms with E-state index in [4.69, 9.17) is 4.98 Å². The van der Waals surface area contributed by atoms with Gasteiger partial charge in [0.25, 0.3) is 0 Å². The van der Waals surface area contributed by atoms with Gasteiger partial charge < -0.3 is 5.32 Å². The highest BCUT2D eigenvalue weighted by molar-refractivity contribution is 7.13. The number of nitrogens with zero attached hydrogens (tertiary/aromatic N) is 1. The van der Waals surface area contributed by atoms with Crippen LogP contribution in [0.3, 0.4) is 0 Å². The van der Waals surface area contributed by atoms with Crippen LogP contribution in [-0.4, -0.2) is 4.98 Å². The van der Waals surface area contributed by atoms with Gasteiger partial charge in [0.2, 0.25) is 0 Å². The van der Waals surface area contributed by atoms with Crippen molar-refractivity contribution in [2.24, 2.45) is 11.8 Å². The Bertz CT molecular complexity index is 602. The summed E-state index contributed by atoms with van der Waals surface area (Å²) in [5.41, 5.74) is 3.71. The first-order valence-corrected chi connectivity index (χ1v) is 9.34. The Hall–Kier alpha value is -1.35. The van der Waals surface area contributed by atoms with Crippen LogP contribution in [0.5, 0.6) is 0 Å². The lowest BCUT2D eigenvalue weighted by Crippen LogP contribution is -2.24. The van der Waals surface area contributed by atoms with E-state index < -0.39 is 0 Å². The quantitative estimate of drug-likeness (QED) is 0.734. The molecule has 0 spiro atoms. The number of thiazole rings is 1. The lowest BCUT2D eigenvalue weighted by molar-refractivity contribution is 0.224. The molecule has 1 aromatic heterocycles. The van der Waals surface area contributed by atoms with Crippen molar-refractivity contribution >= 4 is 22.2 Å². The smallest absolute Gasteiger partial charge is 0.187 e. The Labute approximate surface area is 138 Å². The molecule has 1 fully saturated rings. The second-order valence-electron chi connectivity index (χ2n) is 6.67. The Morgan fingerprint density at radius 1 is 1.23 bits per heavy atom. The highest BCUT2D eigenvalue weighted by Crippen LogP contribution is 2.44. The third-order valence-electron chi connectivity index (χ3n) is 5.05. The van der Waals surface area contributed by atoms with Crippen LogP contribution in [0, 0.1) is 18.8 Å². The fraction of sp³-hybridized carbons (Fsp3) is 0.526. The second kappa shape index (κ2) is 6.82. The minimum atomic E-state index is 0.642. The van der Waals surface area contributed by atoms with E-state index in [1.54, 1.807) is 11.3 Å². The molecule has 3 unspecified atom stereocenters. The molecule has 0 radical (unpaired) electrons. The molecule has 0 aliphatic heterocycles. The van der Waals surface area contributed by atoms with E-state index in [0.717, 1.165) is 22.7 Å². The maximum atomic E-state index is 4.91. The van der Waals surface area contributed by atoms with Gasteiger partial charge in [0, 0.05) is 17.0 Å². The van der Waals surface area contributed by atoms with Crippen molar-refractivity contribution in [3.05, 3.63) is 40.9 Å². The summed E-state index contributed by atoms with van der Waals surface area (Å²) in [6, 6.07) is 8.50. The number of anilines is 2. The third-order valence-corrected chi connectivity index (χ3v) is 5.82. The summed E-state index contributed by atoms with van der Waals surface area (Å²) in [6.07, 6.45) is 5.37. The molecule has 3 rings (SSSR count). The van der Waals surface area contributed by atoms with Crippen molar-refractivity contribution in [3.8, 4) is 0 Å². The largest absolute Gasteiger partial charge is 0.332 e. The lowest BCUT2D eigenvalue weighted by Gasteiger charge is -2.35. The van der Waals surface area contributed by atoms with Crippen molar-refractivity contribution in [1.82, 2.24) is 4.98 Å². The monoisotopic (exact) mass is 314 g/mol. The Balaban J connectivity index is 1.76. The summed E-state index contributed by atoms with van der Waals surface area (Å²) in [4.78, 5) is 4.91. The average molecular weight is 314 g/mol. The third kappa shape index (κ3) is 3.35. The van der Waals surface area contributed by atoms with Crippen LogP contribution >= 0.6 is 11.3 Å². The van der Waals surface area contributed by atoms with E-state index in [2.05, 4.69) is 55.7 Å². The van der Waals surface area contributed by atoms with E-state index in [0.29, 0.717) is 5.92 Å². The Kier molecular flexibility index (Phi) is 4.82. The van der Waals surface area contributed by atoms with Gasteiger partial charge in [-0.2, -0.15) is 0 Å². The molecule has 3 atom stereocenters. The molecule has 1 N–H and O–H groups in total. The van der Waals surface area contributed by atoms with E-state index in [1.165, 1.54) is 36.9 Å². The SMILES string of the molecule is CCC1CCCC(C)C1c1csc(Nc2ccc(C)cc2)n1. The summed E-state index contributed by atoms with van der Waals surface area (Å²) < 4.78 is 0. The first-order chi connectivity index (χ1) is 10.7. The van der Waals surface area contributed by atoms with Gasteiger partial charge in [-0.05, 0) is 37.3 Å². The second-order valence-corrected chi connectivity index (χ2v) is 7.53. The molecule has 1 aliphatic rings. The van der Waals surface area contributed by atoms with Gasteiger partial charge in [0.15, 0.2) is 5.13 Å². The zero-order chi connectivity index (χ0) is 15.5. The molecule has 22 heavy (non-hydrogen) atoms. The van der Waals surface area contributed by atoms with Gasteiger partial charge >= 0.3 is 0 Å². The number of rotatable bonds is 4. The number of nitrogens with one attached hydrogen (secondary N) is 1. The lowest BCUT2D eigenvalue weighted by atomic mass is 9.70. The minimum absolute atomic E-state index is 0.642. The van der Waals surface area contributed by atoms with Crippen LogP contribution in [0.4, 0.5) is 10.8 Å². The first-order valence-electron chi connectivity index (χ1n) is 8.46. The standard InChI is InChI=1S/C19H26N2S/c1-4-15-7-5-6-14(3)18(15)17-12-22-19(21-17)20-16-10-8-13(2)9-11-16/h8-12,14-15,18H,4-7H2,1-3H3,(H,20,21). The molecule has 0 saturated heterocycles. The van der Waals surface area contributed by atoms with Crippen molar-refractivity contribution in [1.29, 1.82) is 0 Å². The van der Waals surface area contributed by atoms with Crippen molar-refractivity contribution in [3.63, 3.8) is 0 Å². The Morgan fingerprint density at radius 3 is 2.73 bits per heavy atom. The molecular formula is C19H26N2S. The van der Waals surface area contributed by atoms with Gasteiger partial charge in [-0.3, -0.25) is 0 Å². The van der Waals surface area contributed by atoms with E-state index in [9.17, 15) is 0 Å².